The van der Waals surface area contributed by atoms with E-state index < -0.39 is 0 Å². The highest BCUT2D eigenvalue weighted by Gasteiger charge is 2.45. The van der Waals surface area contributed by atoms with Gasteiger partial charge in [0.15, 0.2) is 0 Å². The van der Waals surface area contributed by atoms with E-state index in [9.17, 15) is 9.59 Å². The Morgan fingerprint density at radius 2 is 2.00 bits per heavy atom. The van der Waals surface area contributed by atoms with E-state index in [1.165, 1.54) is 19.3 Å². The molecule has 2 amide bonds. The number of rotatable bonds is 4. The van der Waals surface area contributed by atoms with Crippen molar-refractivity contribution in [3.8, 4) is 0 Å². The van der Waals surface area contributed by atoms with Gasteiger partial charge in [0.2, 0.25) is 11.8 Å². The van der Waals surface area contributed by atoms with E-state index in [2.05, 4.69) is 17.6 Å². The lowest BCUT2D eigenvalue weighted by Crippen LogP contribution is -2.61. The molecule has 4 unspecified atom stereocenters. The number of fused-ring (bicyclic) bond motifs is 4. The first-order valence-electron chi connectivity index (χ1n) is 10.6. The molecule has 5 fully saturated rings. The number of nitrogens with one attached hydrogen (secondary N) is 2. The van der Waals surface area contributed by atoms with Crippen molar-refractivity contribution in [1.82, 2.24) is 15.5 Å². The lowest BCUT2D eigenvalue weighted by Gasteiger charge is -2.49. The molecule has 5 rings (SSSR count). The van der Waals surface area contributed by atoms with Crippen molar-refractivity contribution in [2.75, 3.05) is 13.1 Å². The van der Waals surface area contributed by atoms with Gasteiger partial charge in [-0.1, -0.05) is 13.3 Å². The zero-order valence-electron chi connectivity index (χ0n) is 16.0. The first-order valence-corrected chi connectivity index (χ1v) is 10.6. The second kappa shape index (κ2) is 7.47. The van der Waals surface area contributed by atoms with Crippen LogP contribution in [0.1, 0.15) is 58.3 Å². The molecule has 0 radical (unpaired) electrons. The first-order chi connectivity index (χ1) is 12.6. The quantitative estimate of drug-likeness (QED) is 0.696. The standard InChI is InChI=1S/C20H34N4O2/c1-12-3-2-4-13-9-17(22-19(12)13)20(26)23-16-10-15-6-5-14(16)11-24(15)18(25)7-8-21/h12-17,19,22H,2-11,21H2,1H3,(H,23,26)/t12?,13?,14-,15-,16+,17?,19?/m1/s1. The van der Waals surface area contributed by atoms with Crippen LogP contribution in [0.15, 0.2) is 0 Å². The summed E-state index contributed by atoms with van der Waals surface area (Å²) in [5, 5.41) is 6.97. The molecule has 2 aliphatic carbocycles. The number of piperidine rings is 2. The van der Waals surface area contributed by atoms with Crippen LogP contribution in [-0.2, 0) is 9.59 Å². The van der Waals surface area contributed by atoms with Gasteiger partial charge in [0.05, 0.1) is 6.04 Å². The molecule has 0 aromatic carbocycles. The Hall–Kier alpha value is -1.14. The van der Waals surface area contributed by atoms with E-state index in [1.807, 2.05) is 4.90 Å². The molecule has 3 aliphatic heterocycles. The molecule has 2 saturated carbocycles. The van der Waals surface area contributed by atoms with E-state index >= 15 is 0 Å². The average molecular weight is 363 g/mol. The third-order valence-corrected chi connectivity index (χ3v) is 7.45. The summed E-state index contributed by atoms with van der Waals surface area (Å²) in [5.41, 5.74) is 5.55. The smallest absolute Gasteiger partial charge is 0.237 e. The predicted molar refractivity (Wildman–Crippen MR) is 100 cm³/mol. The summed E-state index contributed by atoms with van der Waals surface area (Å²) in [6.07, 6.45) is 8.36. The summed E-state index contributed by atoms with van der Waals surface area (Å²) in [4.78, 5) is 27.2. The zero-order chi connectivity index (χ0) is 18.3. The summed E-state index contributed by atoms with van der Waals surface area (Å²) in [7, 11) is 0. The highest BCUT2D eigenvalue weighted by atomic mass is 16.2. The highest BCUT2D eigenvalue weighted by Crippen LogP contribution is 2.38. The summed E-state index contributed by atoms with van der Waals surface area (Å²) in [5.74, 6) is 2.11. The molecule has 0 spiro atoms. The molecule has 26 heavy (non-hydrogen) atoms. The Morgan fingerprint density at radius 1 is 1.15 bits per heavy atom. The van der Waals surface area contributed by atoms with Crippen molar-refractivity contribution in [1.29, 1.82) is 0 Å². The normalized spacial score (nSPS) is 41.8. The molecule has 146 valence electrons. The van der Waals surface area contributed by atoms with Crippen molar-refractivity contribution in [2.24, 2.45) is 23.5 Å². The van der Waals surface area contributed by atoms with E-state index in [-0.39, 0.29) is 29.9 Å². The number of carbonyl (C=O) groups is 2. The predicted octanol–water partition coefficient (Wildman–Crippen LogP) is 0.998. The number of nitrogens with two attached hydrogens (primary N) is 1. The molecule has 4 N–H and O–H groups in total. The zero-order valence-corrected chi connectivity index (χ0v) is 16.0. The van der Waals surface area contributed by atoms with Crippen molar-refractivity contribution in [3.63, 3.8) is 0 Å². The molecule has 3 heterocycles. The molecule has 6 heteroatoms. The van der Waals surface area contributed by atoms with Crippen LogP contribution in [0.5, 0.6) is 0 Å². The molecule has 0 aromatic heterocycles. The van der Waals surface area contributed by atoms with Gasteiger partial charge < -0.3 is 21.3 Å². The lowest BCUT2D eigenvalue weighted by atomic mass is 9.75. The van der Waals surface area contributed by atoms with Crippen molar-refractivity contribution < 1.29 is 9.59 Å². The van der Waals surface area contributed by atoms with Gasteiger partial charge in [-0.15, -0.1) is 0 Å². The lowest BCUT2D eigenvalue weighted by molar-refractivity contribution is -0.140. The Morgan fingerprint density at radius 3 is 2.69 bits per heavy atom. The number of nitrogens with zero attached hydrogens (tertiary/aromatic N) is 1. The van der Waals surface area contributed by atoms with Crippen LogP contribution in [0.3, 0.4) is 0 Å². The van der Waals surface area contributed by atoms with Gasteiger partial charge >= 0.3 is 0 Å². The van der Waals surface area contributed by atoms with Crippen LogP contribution < -0.4 is 16.4 Å². The average Bonchev–Trinajstić information content (AvgIpc) is 3.08. The van der Waals surface area contributed by atoms with Crippen LogP contribution >= 0.6 is 0 Å². The maximum atomic E-state index is 12.9. The molecule has 6 nitrogen and oxygen atoms in total. The van der Waals surface area contributed by atoms with Gasteiger partial charge in [-0.2, -0.15) is 0 Å². The van der Waals surface area contributed by atoms with Gasteiger partial charge in [0.1, 0.15) is 0 Å². The molecule has 5 aliphatic rings. The highest BCUT2D eigenvalue weighted by molar-refractivity contribution is 5.82. The van der Waals surface area contributed by atoms with E-state index in [0.717, 1.165) is 32.2 Å². The maximum absolute atomic E-state index is 12.9. The monoisotopic (exact) mass is 362 g/mol. The minimum absolute atomic E-state index is 0.0269. The molecule has 7 atom stereocenters. The molecule has 3 saturated heterocycles. The van der Waals surface area contributed by atoms with E-state index in [0.29, 0.717) is 36.8 Å². The summed E-state index contributed by atoms with van der Waals surface area (Å²) < 4.78 is 0. The van der Waals surface area contributed by atoms with Gasteiger partial charge in [-0.05, 0) is 56.3 Å². The summed E-state index contributed by atoms with van der Waals surface area (Å²) >= 11 is 0. The van der Waals surface area contributed by atoms with Crippen LogP contribution in [0.2, 0.25) is 0 Å². The minimum Gasteiger partial charge on any atom is -0.352 e. The number of carbonyl (C=O) groups excluding carboxylic acids is 2. The van der Waals surface area contributed by atoms with Gasteiger partial charge in [0, 0.05) is 37.6 Å². The fourth-order valence-corrected chi connectivity index (χ4v) is 6.02. The molecular weight excluding hydrogens is 328 g/mol. The third-order valence-electron chi connectivity index (χ3n) is 7.45. The fraction of sp³-hybridized carbons (Fsp3) is 0.900. The van der Waals surface area contributed by atoms with Gasteiger partial charge in [0.25, 0.3) is 0 Å². The first kappa shape index (κ1) is 18.2. The van der Waals surface area contributed by atoms with Crippen LogP contribution in [-0.4, -0.2) is 54.0 Å². The number of hydrogen-bond acceptors (Lipinski definition) is 4. The topological polar surface area (TPSA) is 87.5 Å². The Kier molecular flexibility index (Phi) is 5.24. The molecular formula is C20H34N4O2. The summed E-state index contributed by atoms with van der Waals surface area (Å²) in [6.45, 7) is 3.52. The third kappa shape index (κ3) is 3.38. The number of hydrogen-bond donors (Lipinski definition) is 3. The van der Waals surface area contributed by atoms with Crippen molar-refractivity contribution in [2.45, 2.75) is 82.5 Å². The molecule has 0 aromatic rings. The second-order valence-electron chi connectivity index (χ2n) is 9.08. The van der Waals surface area contributed by atoms with E-state index in [4.69, 9.17) is 5.73 Å². The Bertz CT molecular complexity index is 554. The number of amides is 2. The largest absolute Gasteiger partial charge is 0.352 e. The minimum atomic E-state index is -0.0269. The Balaban J connectivity index is 1.33. The van der Waals surface area contributed by atoms with Gasteiger partial charge in [-0.25, -0.2) is 0 Å². The Labute approximate surface area is 156 Å². The van der Waals surface area contributed by atoms with E-state index in [1.54, 1.807) is 0 Å². The molecule has 2 bridgehead atoms. The van der Waals surface area contributed by atoms with Crippen molar-refractivity contribution in [3.05, 3.63) is 0 Å². The van der Waals surface area contributed by atoms with Crippen LogP contribution in [0.25, 0.3) is 0 Å². The maximum Gasteiger partial charge on any atom is 0.237 e. The van der Waals surface area contributed by atoms with Crippen LogP contribution in [0, 0.1) is 17.8 Å². The SMILES string of the molecule is CC1CCCC2CC(C(=O)N[C@H]3C[C@H]4CC[C@@H]3CN4C(=O)CCN)NC12. The van der Waals surface area contributed by atoms with Gasteiger partial charge in [-0.3, -0.25) is 9.59 Å². The van der Waals surface area contributed by atoms with Crippen LogP contribution in [0.4, 0.5) is 0 Å². The fourth-order valence-electron chi connectivity index (χ4n) is 6.02. The second-order valence-corrected chi connectivity index (χ2v) is 9.08. The summed E-state index contributed by atoms with van der Waals surface area (Å²) in [6, 6.07) is 1.00. The van der Waals surface area contributed by atoms with Crippen molar-refractivity contribution >= 4 is 11.8 Å².